The largest absolute Gasteiger partial charge is 0.383 e. The highest BCUT2D eigenvalue weighted by molar-refractivity contribution is 5.91. The molecule has 0 bridgehead atoms. The third-order valence-electron chi connectivity index (χ3n) is 5.34. The number of rotatable bonds is 6. The van der Waals surface area contributed by atoms with E-state index in [9.17, 15) is 0 Å². The predicted molar refractivity (Wildman–Crippen MR) is 116 cm³/mol. The summed E-state index contributed by atoms with van der Waals surface area (Å²) >= 11 is 0. The van der Waals surface area contributed by atoms with Crippen molar-refractivity contribution in [2.75, 3.05) is 45.2 Å². The van der Waals surface area contributed by atoms with Gasteiger partial charge in [0.05, 0.1) is 18.2 Å². The molecule has 0 saturated carbocycles. The number of halogens is 1. The van der Waals surface area contributed by atoms with Crippen molar-refractivity contribution in [2.24, 2.45) is 0 Å². The Balaban J connectivity index is 1.68. The monoisotopic (exact) mass is 405 g/mol. The van der Waals surface area contributed by atoms with Crippen LogP contribution in [0.2, 0.25) is 0 Å². The van der Waals surface area contributed by atoms with Gasteiger partial charge in [-0.1, -0.05) is 12.0 Å². The molecule has 7 heteroatoms. The van der Waals surface area contributed by atoms with Gasteiger partial charge in [0.1, 0.15) is 18.0 Å². The number of nitrogens with zero attached hydrogens (tertiary/aromatic N) is 3. The van der Waals surface area contributed by atoms with Crippen LogP contribution in [0, 0.1) is 18.2 Å². The second-order valence-corrected chi connectivity index (χ2v) is 7.21. The van der Waals surface area contributed by atoms with Gasteiger partial charge in [-0.15, -0.1) is 6.42 Å². The van der Waals surface area contributed by atoms with Gasteiger partial charge in [0.2, 0.25) is 0 Å². The second kappa shape index (κ2) is 9.18. The van der Waals surface area contributed by atoms with Crippen molar-refractivity contribution in [2.45, 2.75) is 6.04 Å². The van der Waals surface area contributed by atoms with E-state index in [0.29, 0.717) is 35.4 Å². The van der Waals surface area contributed by atoms with Crippen molar-refractivity contribution in [3.8, 4) is 12.3 Å². The standard InChI is InChI=1S/C23H24FN5O/c1-3-16-5-4-6-17(11-16)28-23-19-12-20(24)18(13-21(19)26-15-27-23)22-14-25-7-8-29(22)9-10-30-2/h1,4-6,11-13,15,22,25H,7-10,14H2,2H3,(H,26,27,28). The number of benzene rings is 2. The summed E-state index contributed by atoms with van der Waals surface area (Å²) in [6, 6.07) is 10.7. The predicted octanol–water partition coefficient (Wildman–Crippen LogP) is 3.09. The fourth-order valence-electron chi connectivity index (χ4n) is 3.80. The molecule has 6 nitrogen and oxygen atoms in total. The number of nitrogens with one attached hydrogen (secondary N) is 2. The highest BCUT2D eigenvalue weighted by Crippen LogP contribution is 2.31. The van der Waals surface area contributed by atoms with E-state index in [1.54, 1.807) is 7.11 Å². The fourth-order valence-corrected chi connectivity index (χ4v) is 3.80. The average molecular weight is 405 g/mol. The number of fused-ring (bicyclic) bond motifs is 1. The maximum atomic E-state index is 15.2. The van der Waals surface area contributed by atoms with Crippen LogP contribution in [0.15, 0.2) is 42.7 Å². The second-order valence-electron chi connectivity index (χ2n) is 7.21. The normalized spacial score (nSPS) is 17.0. The van der Waals surface area contributed by atoms with Crippen molar-refractivity contribution < 1.29 is 9.13 Å². The zero-order valence-corrected chi connectivity index (χ0v) is 16.9. The molecule has 1 aliphatic rings. The zero-order valence-electron chi connectivity index (χ0n) is 16.9. The van der Waals surface area contributed by atoms with Crippen molar-refractivity contribution in [1.82, 2.24) is 20.2 Å². The highest BCUT2D eigenvalue weighted by atomic mass is 19.1. The molecule has 3 aromatic rings. The fraction of sp³-hybridized carbons (Fsp3) is 0.304. The maximum absolute atomic E-state index is 15.2. The number of methoxy groups -OCH3 is 1. The molecule has 1 saturated heterocycles. The molecule has 0 amide bonds. The van der Waals surface area contributed by atoms with Gasteiger partial charge in [-0.3, -0.25) is 4.90 Å². The Kier molecular flexibility index (Phi) is 6.19. The molecule has 0 aliphatic carbocycles. The Labute approximate surface area is 175 Å². The van der Waals surface area contributed by atoms with Gasteiger partial charge in [-0.25, -0.2) is 14.4 Å². The van der Waals surface area contributed by atoms with Crippen LogP contribution < -0.4 is 10.6 Å². The van der Waals surface area contributed by atoms with Crippen LogP contribution in [0.3, 0.4) is 0 Å². The molecule has 2 aromatic carbocycles. The van der Waals surface area contributed by atoms with E-state index >= 15 is 4.39 Å². The molecule has 1 aromatic heterocycles. The summed E-state index contributed by atoms with van der Waals surface area (Å²) in [5, 5.41) is 7.21. The number of hydrogen-bond donors (Lipinski definition) is 2. The number of anilines is 2. The van der Waals surface area contributed by atoms with Crippen LogP contribution in [0.25, 0.3) is 10.9 Å². The number of aromatic nitrogens is 2. The van der Waals surface area contributed by atoms with E-state index < -0.39 is 0 Å². The van der Waals surface area contributed by atoms with Crippen LogP contribution in [0.4, 0.5) is 15.9 Å². The van der Waals surface area contributed by atoms with Gasteiger partial charge in [0, 0.05) is 55.5 Å². The lowest BCUT2D eigenvalue weighted by molar-refractivity contribution is 0.102. The molecular formula is C23H24FN5O. The molecule has 154 valence electrons. The summed E-state index contributed by atoms with van der Waals surface area (Å²) in [6.45, 7) is 3.76. The van der Waals surface area contributed by atoms with Gasteiger partial charge in [0.15, 0.2) is 0 Å². The first-order valence-corrected chi connectivity index (χ1v) is 9.91. The minimum absolute atomic E-state index is 0.0722. The molecule has 1 atom stereocenters. The van der Waals surface area contributed by atoms with E-state index in [0.717, 1.165) is 30.9 Å². The van der Waals surface area contributed by atoms with Crippen LogP contribution in [0.1, 0.15) is 17.2 Å². The zero-order chi connectivity index (χ0) is 20.9. The Bertz CT molecular complexity index is 1080. The number of ether oxygens (including phenoxy) is 1. The Morgan fingerprint density at radius 3 is 3.07 bits per heavy atom. The molecule has 2 heterocycles. The summed E-state index contributed by atoms with van der Waals surface area (Å²) in [5.41, 5.74) is 2.86. The minimum atomic E-state index is -0.270. The third kappa shape index (κ3) is 4.26. The first kappa shape index (κ1) is 20.2. The summed E-state index contributed by atoms with van der Waals surface area (Å²) in [6.07, 6.45) is 6.97. The molecule has 1 fully saturated rings. The molecular weight excluding hydrogens is 381 g/mol. The van der Waals surface area contributed by atoms with E-state index in [2.05, 4.69) is 31.4 Å². The summed E-state index contributed by atoms with van der Waals surface area (Å²) < 4.78 is 20.5. The number of hydrogen-bond acceptors (Lipinski definition) is 6. The minimum Gasteiger partial charge on any atom is -0.383 e. The summed E-state index contributed by atoms with van der Waals surface area (Å²) in [7, 11) is 1.68. The summed E-state index contributed by atoms with van der Waals surface area (Å²) in [4.78, 5) is 10.9. The first-order chi connectivity index (χ1) is 14.7. The molecule has 4 rings (SSSR count). The average Bonchev–Trinajstić information content (AvgIpc) is 2.78. The van der Waals surface area contributed by atoms with Crippen molar-refractivity contribution in [1.29, 1.82) is 0 Å². The smallest absolute Gasteiger partial charge is 0.141 e. The van der Waals surface area contributed by atoms with E-state index in [4.69, 9.17) is 11.2 Å². The number of terminal acetylenes is 1. The maximum Gasteiger partial charge on any atom is 0.141 e. The topological polar surface area (TPSA) is 62.3 Å². The third-order valence-corrected chi connectivity index (χ3v) is 5.34. The Morgan fingerprint density at radius 1 is 1.33 bits per heavy atom. The quantitative estimate of drug-likeness (QED) is 0.615. The van der Waals surface area contributed by atoms with Crippen molar-refractivity contribution >= 4 is 22.4 Å². The van der Waals surface area contributed by atoms with E-state index in [-0.39, 0.29) is 11.9 Å². The molecule has 2 N–H and O–H groups in total. The lowest BCUT2D eigenvalue weighted by Crippen LogP contribution is -2.47. The van der Waals surface area contributed by atoms with Gasteiger partial charge < -0.3 is 15.4 Å². The molecule has 0 radical (unpaired) electrons. The highest BCUT2D eigenvalue weighted by Gasteiger charge is 2.26. The van der Waals surface area contributed by atoms with Gasteiger partial charge in [-0.05, 0) is 30.3 Å². The lowest BCUT2D eigenvalue weighted by Gasteiger charge is -2.36. The van der Waals surface area contributed by atoms with Crippen LogP contribution in [0.5, 0.6) is 0 Å². The molecule has 0 spiro atoms. The SMILES string of the molecule is C#Cc1cccc(Nc2ncnc3cc(C4CNCCN4CCOC)c(F)cc23)c1. The molecule has 1 unspecified atom stereocenters. The number of piperazine rings is 1. The van der Waals surface area contributed by atoms with Crippen LogP contribution >= 0.6 is 0 Å². The Morgan fingerprint density at radius 2 is 2.23 bits per heavy atom. The van der Waals surface area contributed by atoms with Crippen LogP contribution in [-0.2, 0) is 4.74 Å². The van der Waals surface area contributed by atoms with Crippen LogP contribution in [-0.4, -0.2) is 54.8 Å². The van der Waals surface area contributed by atoms with E-state index in [1.807, 2.05) is 30.3 Å². The summed E-state index contributed by atoms with van der Waals surface area (Å²) in [5.74, 6) is 2.88. The molecule has 30 heavy (non-hydrogen) atoms. The van der Waals surface area contributed by atoms with Gasteiger partial charge in [0.25, 0.3) is 0 Å². The van der Waals surface area contributed by atoms with Gasteiger partial charge >= 0.3 is 0 Å². The Hall–Kier alpha value is -3.05. The molecule has 1 aliphatic heterocycles. The van der Waals surface area contributed by atoms with E-state index in [1.165, 1.54) is 12.4 Å². The lowest BCUT2D eigenvalue weighted by atomic mass is 10.0. The van der Waals surface area contributed by atoms with Gasteiger partial charge in [-0.2, -0.15) is 0 Å². The first-order valence-electron chi connectivity index (χ1n) is 9.91. The van der Waals surface area contributed by atoms with Crippen molar-refractivity contribution in [3.05, 3.63) is 59.7 Å². The van der Waals surface area contributed by atoms with Crippen molar-refractivity contribution in [3.63, 3.8) is 0 Å².